The van der Waals surface area contributed by atoms with Crippen molar-refractivity contribution in [3.63, 3.8) is 0 Å². The van der Waals surface area contributed by atoms with Crippen LogP contribution in [0.4, 0.5) is 0 Å². The summed E-state index contributed by atoms with van der Waals surface area (Å²) in [6, 6.07) is 13.1. The topological polar surface area (TPSA) is 65.4 Å². The van der Waals surface area contributed by atoms with Crippen LogP contribution in [0.25, 0.3) is 11.4 Å². The molecular formula is C17H14Cl2N4. The minimum atomic E-state index is 0.607. The van der Waals surface area contributed by atoms with Gasteiger partial charge in [-0.05, 0) is 43.2 Å². The third-order valence-corrected chi connectivity index (χ3v) is 3.98. The van der Waals surface area contributed by atoms with Crippen LogP contribution in [0.15, 0.2) is 42.7 Å². The van der Waals surface area contributed by atoms with E-state index in [0.29, 0.717) is 10.6 Å². The van der Waals surface area contributed by atoms with Crippen LogP contribution in [-0.2, 0) is 0 Å². The number of H-pyrrole nitrogens is 1. The smallest absolute Gasteiger partial charge is 0.155 e. The van der Waals surface area contributed by atoms with Crippen molar-refractivity contribution in [1.82, 2.24) is 15.2 Å². The van der Waals surface area contributed by atoms with Crippen molar-refractivity contribution >= 4 is 23.2 Å². The zero-order valence-corrected chi connectivity index (χ0v) is 14.2. The Balaban J connectivity index is 0.000000174. The summed E-state index contributed by atoms with van der Waals surface area (Å²) in [6.07, 6.45) is 1.48. The van der Waals surface area contributed by atoms with Gasteiger partial charge < -0.3 is 0 Å². The van der Waals surface area contributed by atoms with Gasteiger partial charge in [0.15, 0.2) is 5.82 Å². The molecule has 116 valence electrons. The number of aromatic amines is 1. The Morgan fingerprint density at radius 3 is 2.17 bits per heavy atom. The summed E-state index contributed by atoms with van der Waals surface area (Å²) in [7, 11) is 0. The molecule has 0 atom stereocenters. The van der Waals surface area contributed by atoms with E-state index >= 15 is 0 Å². The second-order valence-electron chi connectivity index (χ2n) is 4.87. The Morgan fingerprint density at radius 1 is 1.00 bits per heavy atom. The fourth-order valence-corrected chi connectivity index (χ4v) is 2.11. The average molecular weight is 345 g/mol. The van der Waals surface area contributed by atoms with Crippen molar-refractivity contribution in [3.05, 3.63) is 69.5 Å². The van der Waals surface area contributed by atoms with Crippen molar-refractivity contribution in [2.24, 2.45) is 0 Å². The van der Waals surface area contributed by atoms with E-state index in [0.717, 1.165) is 27.5 Å². The van der Waals surface area contributed by atoms with Crippen molar-refractivity contribution in [2.75, 3.05) is 0 Å². The number of halogens is 2. The monoisotopic (exact) mass is 344 g/mol. The number of nitriles is 1. The van der Waals surface area contributed by atoms with Crippen molar-refractivity contribution in [2.45, 2.75) is 13.8 Å². The van der Waals surface area contributed by atoms with E-state index in [9.17, 15) is 0 Å². The maximum absolute atomic E-state index is 8.44. The second kappa shape index (κ2) is 7.77. The van der Waals surface area contributed by atoms with E-state index in [1.807, 2.05) is 44.2 Å². The number of hydrogen-bond acceptors (Lipinski definition) is 3. The highest BCUT2D eigenvalue weighted by Gasteiger charge is 2.02. The van der Waals surface area contributed by atoms with Gasteiger partial charge in [0.1, 0.15) is 6.33 Å². The van der Waals surface area contributed by atoms with Crippen molar-refractivity contribution < 1.29 is 0 Å². The lowest BCUT2D eigenvalue weighted by Gasteiger charge is -1.99. The lowest BCUT2D eigenvalue weighted by Crippen LogP contribution is -1.82. The lowest BCUT2D eigenvalue weighted by atomic mass is 10.1. The van der Waals surface area contributed by atoms with E-state index in [2.05, 4.69) is 15.2 Å². The van der Waals surface area contributed by atoms with Gasteiger partial charge >= 0.3 is 0 Å². The first-order valence-corrected chi connectivity index (χ1v) is 7.55. The highest BCUT2D eigenvalue weighted by atomic mass is 35.5. The molecule has 0 saturated heterocycles. The summed E-state index contributed by atoms with van der Waals surface area (Å²) in [4.78, 5) is 4.03. The molecule has 0 unspecified atom stereocenters. The number of hydrogen-bond donors (Lipinski definition) is 1. The molecule has 4 nitrogen and oxygen atoms in total. The maximum Gasteiger partial charge on any atom is 0.155 e. The molecule has 0 fully saturated rings. The normalized spacial score (nSPS) is 9.70. The molecule has 2 aromatic carbocycles. The third-order valence-electron chi connectivity index (χ3n) is 3.16. The van der Waals surface area contributed by atoms with Crippen LogP contribution >= 0.6 is 23.2 Å². The molecule has 0 bridgehead atoms. The summed E-state index contributed by atoms with van der Waals surface area (Å²) in [5, 5.41) is 16.4. The highest BCUT2D eigenvalue weighted by Crippen LogP contribution is 2.22. The molecule has 0 aliphatic rings. The van der Waals surface area contributed by atoms with Crippen LogP contribution < -0.4 is 0 Å². The predicted molar refractivity (Wildman–Crippen MR) is 92.5 cm³/mol. The highest BCUT2D eigenvalue weighted by molar-refractivity contribution is 6.31. The minimum Gasteiger partial charge on any atom is -0.259 e. The second-order valence-corrected chi connectivity index (χ2v) is 5.69. The molecule has 0 saturated carbocycles. The standard InChI is InChI=1S/C9H8ClN3.C8H6ClN/c1-6-2-3-7(4-8(6)10)9-11-5-12-13-9;1-6-2-3-7(5-10)4-8(6)9/h2-5H,1H3,(H,11,12,13);2-4H,1H3. The first-order chi connectivity index (χ1) is 11.0. The van der Waals surface area contributed by atoms with E-state index in [1.54, 1.807) is 12.1 Å². The summed E-state index contributed by atoms with van der Waals surface area (Å²) < 4.78 is 0. The van der Waals surface area contributed by atoms with Crippen LogP contribution in [0.2, 0.25) is 10.0 Å². The molecule has 1 aromatic heterocycles. The maximum atomic E-state index is 8.44. The van der Waals surface area contributed by atoms with Gasteiger partial charge in [-0.25, -0.2) is 4.98 Å². The molecule has 0 radical (unpaired) electrons. The number of aromatic nitrogens is 3. The van der Waals surface area contributed by atoms with Gasteiger partial charge in [0.2, 0.25) is 0 Å². The zero-order valence-electron chi connectivity index (χ0n) is 12.6. The molecule has 1 heterocycles. The van der Waals surface area contributed by atoms with E-state index in [-0.39, 0.29) is 0 Å². The van der Waals surface area contributed by atoms with Gasteiger partial charge in [-0.2, -0.15) is 10.4 Å². The van der Waals surface area contributed by atoms with Crippen LogP contribution in [0.5, 0.6) is 0 Å². The van der Waals surface area contributed by atoms with E-state index < -0.39 is 0 Å². The Labute approximate surface area is 144 Å². The minimum absolute atomic E-state index is 0.607. The van der Waals surface area contributed by atoms with Crippen LogP contribution in [-0.4, -0.2) is 15.2 Å². The Bertz CT molecular complexity index is 836. The number of aryl methyl sites for hydroxylation is 2. The first-order valence-electron chi connectivity index (χ1n) is 6.79. The average Bonchev–Trinajstić information content (AvgIpc) is 3.08. The summed E-state index contributed by atoms with van der Waals surface area (Å²) >= 11 is 11.7. The Morgan fingerprint density at radius 2 is 1.65 bits per heavy atom. The predicted octanol–water partition coefficient (Wildman–Crippen LogP) is 4.95. The van der Waals surface area contributed by atoms with Gasteiger partial charge in [-0.15, -0.1) is 0 Å². The molecule has 0 aliphatic heterocycles. The number of benzene rings is 2. The van der Waals surface area contributed by atoms with Crippen LogP contribution in [0.3, 0.4) is 0 Å². The lowest BCUT2D eigenvalue weighted by molar-refractivity contribution is 1.09. The summed E-state index contributed by atoms with van der Waals surface area (Å²) in [5.74, 6) is 0.738. The van der Waals surface area contributed by atoms with Gasteiger partial charge in [0.05, 0.1) is 11.6 Å². The van der Waals surface area contributed by atoms with Gasteiger partial charge in [0, 0.05) is 15.6 Å². The molecule has 0 aliphatic carbocycles. The third kappa shape index (κ3) is 4.56. The Hall–Kier alpha value is -2.35. The van der Waals surface area contributed by atoms with Gasteiger partial charge in [-0.3, -0.25) is 5.10 Å². The number of nitrogens with one attached hydrogen (secondary N) is 1. The molecule has 1 N–H and O–H groups in total. The molecule has 0 spiro atoms. The van der Waals surface area contributed by atoms with Crippen molar-refractivity contribution in [1.29, 1.82) is 5.26 Å². The van der Waals surface area contributed by atoms with E-state index in [4.69, 9.17) is 28.5 Å². The molecule has 23 heavy (non-hydrogen) atoms. The summed E-state index contributed by atoms with van der Waals surface area (Å²) in [6.45, 7) is 3.87. The fraction of sp³-hybridized carbons (Fsp3) is 0.118. The molecule has 3 rings (SSSR count). The molecular weight excluding hydrogens is 331 g/mol. The van der Waals surface area contributed by atoms with Gasteiger partial charge in [0.25, 0.3) is 0 Å². The first kappa shape index (κ1) is 17.0. The van der Waals surface area contributed by atoms with E-state index in [1.165, 1.54) is 6.33 Å². The number of rotatable bonds is 1. The largest absolute Gasteiger partial charge is 0.259 e. The number of nitrogens with zero attached hydrogens (tertiary/aromatic N) is 3. The quantitative estimate of drug-likeness (QED) is 0.678. The van der Waals surface area contributed by atoms with Crippen LogP contribution in [0.1, 0.15) is 16.7 Å². The molecule has 0 amide bonds. The zero-order chi connectivity index (χ0) is 16.8. The summed E-state index contributed by atoms with van der Waals surface area (Å²) in [5.41, 5.74) is 3.62. The van der Waals surface area contributed by atoms with Gasteiger partial charge in [-0.1, -0.05) is 41.4 Å². The Kier molecular flexibility index (Phi) is 5.75. The molecule has 3 aromatic rings. The fourth-order valence-electron chi connectivity index (χ4n) is 1.75. The molecule has 6 heteroatoms. The SMILES string of the molecule is Cc1ccc(-c2ncn[nH]2)cc1Cl.Cc1ccc(C#N)cc1Cl. The van der Waals surface area contributed by atoms with Crippen LogP contribution in [0, 0.1) is 25.2 Å². The van der Waals surface area contributed by atoms with Crippen molar-refractivity contribution in [3.8, 4) is 17.5 Å².